The van der Waals surface area contributed by atoms with Gasteiger partial charge in [0, 0.05) is 12.3 Å². The molecule has 0 aliphatic heterocycles. The van der Waals surface area contributed by atoms with E-state index >= 15 is 0 Å². The van der Waals surface area contributed by atoms with Crippen molar-refractivity contribution in [1.29, 1.82) is 0 Å². The predicted octanol–water partition coefficient (Wildman–Crippen LogP) is 2.81. The van der Waals surface area contributed by atoms with Gasteiger partial charge in [-0.05, 0) is 24.3 Å². The van der Waals surface area contributed by atoms with Crippen LogP contribution in [0.2, 0.25) is 0 Å². The van der Waals surface area contributed by atoms with E-state index in [2.05, 4.69) is 9.97 Å². The van der Waals surface area contributed by atoms with Crippen molar-refractivity contribution in [3.05, 3.63) is 48.5 Å². The van der Waals surface area contributed by atoms with Gasteiger partial charge in [-0.1, -0.05) is 6.07 Å². The molecule has 0 atom stereocenters. The van der Waals surface area contributed by atoms with Crippen molar-refractivity contribution in [3.63, 3.8) is 0 Å². The molecule has 2 aromatic heterocycles. The van der Waals surface area contributed by atoms with Gasteiger partial charge in [0.1, 0.15) is 17.0 Å². The number of ether oxygens (including phenoxy) is 2. The van der Waals surface area contributed by atoms with Crippen molar-refractivity contribution in [2.75, 3.05) is 7.11 Å². The third kappa shape index (κ3) is 2.49. The van der Waals surface area contributed by atoms with E-state index in [1.165, 1.54) is 0 Å². The number of pyridine rings is 1. The summed E-state index contributed by atoms with van der Waals surface area (Å²) in [6.07, 6.45) is 1.67. The van der Waals surface area contributed by atoms with Crippen molar-refractivity contribution in [1.82, 2.24) is 9.97 Å². The van der Waals surface area contributed by atoms with Crippen LogP contribution in [0.3, 0.4) is 0 Å². The van der Waals surface area contributed by atoms with Crippen LogP contribution in [0.1, 0.15) is 5.89 Å². The Morgan fingerprint density at radius 1 is 1.16 bits per heavy atom. The zero-order chi connectivity index (χ0) is 13.1. The number of aromatic nitrogens is 2. The number of hydrogen-bond acceptors (Lipinski definition) is 5. The van der Waals surface area contributed by atoms with E-state index in [4.69, 9.17) is 13.9 Å². The van der Waals surface area contributed by atoms with Crippen LogP contribution in [-0.4, -0.2) is 17.1 Å². The molecule has 5 heteroatoms. The highest BCUT2D eigenvalue weighted by Gasteiger charge is 2.06. The third-order valence-corrected chi connectivity index (χ3v) is 2.61. The van der Waals surface area contributed by atoms with Crippen molar-refractivity contribution < 1.29 is 13.9 Å². The monoisotopic (exact) mass is 256 g/mol. The van der Waals surface area contributed by atoms with Gasteiger partial charge in [-0.2, -0.15) is 0 Å². The summed E-state index contributed by atoms with van der Waals surface area (Å²) in [5.74, 6) is 1.95. The molecule has 0 spiro atoms. The second-order valence-electron chi connectivity index (χ2n) is 3.90. The first-order valence-electron chi connectivity index (χ1n) is 5.82. The maximum absolute atomic E-state index is 5.60. The third-order valence-electron chi connectivity index (χ3n) is 2.61. The lowest BCUT2D eigenvalue weighted by molar-refractivity contribution is 0.265. The molecular formula is C14H12N2O3. The van der Waals surface area contributed by atoms with E-state index in [1.807, 2.05) is 30.3 Å². The molecule has 0 bridgehead atoms. The summed E-state index contributed by atoms with van der Waals surface area (Å²) in [6, 6.07) is 11.0. The van der Waals surface area contributed by atoms with E-state index in [9.17, 15) is 0 Å². The Hall–Kier alpha value is -2.56. The van der Waals surface area contributed by atoms with E-state index in [0.29, 0.717) is 17.4 Å². The molecule has 0 aliphatic rings. The average Bonchev–Trinajstić information content (AvgIpc) is 2.88. The summed E-state index contributed by atoms with van der Waals surface area (Å²) in [6.45, 7) is 0.253. The molecule has 0 amide bonds. The SMILES string of the molecule is COc1cccc(OCc2nc3cccnc3o2)c1. The largest absolute Gasteiger partial charge is 0.497 e. The molecule has 0 saturated heterocycles. The lowest BCUT2D eigenvalue weighted by atomic mass is 10.3. The minimum absolute atomic E-state index is 0.253. The van der Waals surface area contributed by atoms with Crippen molar-refractivity contribution in [2.45, 2.75) is 6.61 Å². The first-order valence-corrected chi connectivity index (χ1v) is 5.82. The molecule has 1 aromatic carbocycles. The molecule has 0 N–H and O–H groups in total. The molecule has 0 aliphatic carbocycles. The van der Waals surface area contributed by atoms with E-state index < -0.39 is 0 Å². The van der Waals surface area contributed by atoms with Gasteiger partial charge >= 0.3 is 0 Å². The number of fused-ring (bicyclic) bond motifs is 1. The van der Waals surface area contributed by atoms with Gasteiger partial charge in [-0.25, -0.2) is 9.97 Å². The molecule has 0 saturated carbocycles. The van der Waals surface area contributed by atoms with Crippen LogP contribution in [0.25, 0.3) is 11.2 Å². The average molecular weight is 256 g/mol. The van der Waals surface area contributed by atoms with E-state index in [0.717, 1.165) is 11.3 Å². The van der Waals surface area contributed by atoms with Crippen LogP contribution in [0.5, 0.6) is 11.5 Å². The number of methoxy groups -OCH3 is 1. The molecule has 3 aromatic rings. The Balaban J connectivity index is 1.74. The van der Waals surface area contributed by atoms with Crippen LogP contribution < -0.4 is 9.47 Å². The lowest BCUT2D eigenvalue weighted by Crippen LogP contribution is -1.95. The zero-order valence-electron chi connectivity index (χ0n) is 10.4. The zero-order valence-corrected chi connectivity index (χ0v) is 10.4. The highest BCUT2D eigenvalue weighted by molar-refractivity contribution is 5.67. The molecule has 0 unspecified atom stereocenters. The molecule has 2 heterocycles. The number of oxazole rings is 1. The lowest BCUT2D eigenvalue weighted by Gasteiger charge is -2.05. The van der Waals surface area contributed by atoms with Crippen LogP contribution in [0, 0.1) is 0 Å². The number of benzene rings is 1. The summed E-state index contributed by atoms with van der Waals surface area (Å²) < 4.78 is 16.2. The molecule has 5 nitrogen and oxygen atoms in total. The summed E-state index contributed by atoms with van der Waals surface area (Å²) >= 11 is 0. The van der Waals surface area contributed by atoms with Gasteiger partial charge < -0.3 is 13.9 Å². The van der Waals surface area contributed by atoms with Gasteiger partial charge in [0.2, 0.25) is 11.6 Å². The molecular weight excluding hydrogens is 244 g/mol. The van der Waals surface area contributed by atoms with Gasteiger partial charge in [0.25, 0.3) is 0 Å². The smallest absolute Gasteiger partial charge is 0.247 e. The summed E-state index contributed by atoms with van der Waals surface area (Å²) in [5, 5.41) is 0. The van der Waals surface area contributed by atoms with Crippen molar-refractivity contribution in [3.8, 4) is 11.5 Å². The minimum atomic E-state index is 0.253. The Bertz CT molecular complexity index is 661. The van der Waals surface area contributed by atoms with Crippen LogP contribution in [0.15, 0.2) is 47.0 Å². The number of rotatable bonds is 4. The summed E-state index contributed by atoms with van der Waals surface area (Å²) in [5.41, 5.74) is 1.25. The standard InChI is InChI=1S/C14H12N2O3/c1-17-10-4-2-5-11(8-10)18-9-13-16-12-6-3-7-15-14(12)19-13/h2-8H,9H2,1H3. The highest BCUT2D eigenvalue weighted by Crippen LogP contribution is 2.20. The fraction of sp³-hybridized carbons (Fsp3) is 0.143. The van der Waals surface area contributed by atoms with Gasteiger partial charge in [-0.15, -0.1) is 0 Å². The molecule has 19 heavy (non-hydrogen) atoms. The molecule has 0 radical (unpaired) electrons. The van der Waals surface area contributed by atoms with Crippen LogP contribution >= 0.6 is 0 Å². The fourth-order valence-corrected chi connectivity index (χ4v) is 1.71. The maximum Gasteiger partial charge on any atom is 0.247 e. The quantitative estimate of drug-likeness (QED) is 0.718. The molecule has 96 valence electrons. The fourth-order valence-electron chi connectivity index (χ4n) is 1.71. The Labute approximate surface area is 109 Å². The van der Waals surface area contributed by atoms with Crippen molar-refractivity contribution >= 4 is 11.2 Å². The Kier molecular flexibility index (Phi) is 3.02. The molecule has 0 fully saturated rings. The highest BCUT2D eigenvalue weighted by atomic mass is 16.5. The first kappa shape index (κ1) is 11.5. The first-order chi connectivity index (χ1) is 9.35. The summed E-state index contributed by atoms with van der Waals surface area (Å²) in [7, 11) is 1.62. The van der Waals surface area contributed by atoms with Gasteiger partial charge in [-0.3, -0.25) is 0 Å². The van der Waals surface area contributed by atoms with Crippen LogP contribution in [-0.2, 0) is 6.61 Å². The van der Waals surface area contributed by atoms with Gasteiger partial charge in [0.05, 0.1) is 7.11 Å². The Morgan fingerprint density at radius 3 is 2.89 bits per heavy atom. The van der Waals surface area contributed by atoms with Crippen molar-refractivity contribution in [2.24, 2.45) is 0 Å². The van der Waals surface area contributed by atoms with Crippen LogP contribution in [0.4, 0.5) is 0 Å². The second kappa shape index (κ2) is 4.97. The van der Waals surface area contributed by atoms with Gasteiger partial charge in [0.15, 0.2) is 6.61 Å². The molecule has 3 rings (SSSR count). The maximum atomic E-state index is 5.60. The number of hydrogen-bond donors (Lipinski definition) is 0. The second-order valence-corrected chi connectivity index (χ2v) is 3.90. The number of nitrogens with zero attached hydrogens (tertiary/aromatic N) is 2. The summed E-state index contributed by atoms with van der Waals surface area (Å²) in [4.78, 5) is 8.36. The predicted molar refractivity (Wildman–Crippen MR) is 69.1 cm³/mol. The topological polar surface area (TPSA) is 57.4 Å². The van der Waals surface area contributed by atoms with E-state index in [1.54, 1.807) is 19.4 Å². The Morgan fingerprint density at radius 2 is 2.05 bits per heavy atom. The minimum Gasteiger partial charge on any atom is -0.497 e. The van der Waals surface area contributed by atoms with E-state index in [-0.39, 0.29) is 6.61 Å². The normalized spacial score (nSPS) is 10.6.